The molecule has 1 fully saturated rings. The molecule has 0 radical (unpaired) electrons. The topological polar surface area (TPSA) is 173 Å². The predicted octanol–water partition coefficient (Wildman–Crippen LogP) is 7.62. The van der Waals surface area contributed by atoms with Crippen molar-refractivity contribution in [2.75, 3.05) is 19.9 Å². The third-order valence-corrected chi connectivity index (χ3v) is 12.6. The number of halogens is 2. The van der Waals surface area contributed by atoms with Crippen LogP contribution in [-0.2, 0) is 52.3 Å². The largest absolute Gasteiger partial charge is 0.475 e. The van der Waals surface area contributed by atoms with E-state index in [1.165, 1.54) is 16.8 Å². The molecule has 7 rings (SSSR count). The van der Waals surface area contributed by atoms with Gasteiger partial charge < -0.3 is 29.1 Å². The quantitative estimate of drug-likeness (QED) is 0.0628. The van der Waals surface area contributed by atoms with Crippen molar-refractivity contribution in [3.63, 3.8) is 0 Å². The maximum Gasteiger partial charge on any atom is 0.475 e. The zero-order chi connectivity index (χ0) is 44.9. The summed E-state index contributed by atoms with van der Waals surface area (Å²) in [6.45, 7) is 5.64. The second-order valence-corrected chi connectivity index (χ2v) is 18.4. The van der Waals surface area contributed by atoms with Gasteiger partial charge in [-0.05, 0) is 49.3 Å². The first kappa shape index (κ1) is 45.3. The van der Waals surface area contributed by atoms with Crippen molar-refractivity contribution >= 4 is 31.3 Å². The number of pyridine rings is 1. The zero-order valence-electron chi connectivity index (χ0n) is 35.3. The highest BCUT2D eigenvalue weighted by Crippen LogP contribution is 2.52. The molecule has 3 aromatic carbocycles. The van der Waals surface area contributed by atoms with Crippen molar-refractivity contribution in [2.24, 2.45) is 10.6 Å². The minimum absolute atomic E-state index is 0.0312. The molecule has 1 N–H and O–H groups in total. The van der Waals surface area contributed by atoms with E-state index in [9.17, 15) is 32.5 Å². The summed E-state index contributed by atoms with van der Waals surface area (Å²) in [5.74, 6) is -4.50. The molecule has 1 aromatic heterocycles. The highest BCUT2D eigenvalue weighted by molar-refractivity contribution is 7.48. The fourth-order valence-corrected chi connectivity index (χ4v) is 9.16. The molecule has 15 nitrogen and oxygen atoms in total. The molecule has 4 aromatic rings. The summed E-state index contributed by atoms with van der Waals surface area (Å²) in [6, 6.07) is 20.1. The first-order chi connectivity index (χ1) is 30.1. The number of aromatic nitrogens is 1. The number of carbonyl (C=O) groups excluding carboxylic acids is 3. The second kappa shape index (κ2) is 18.9. The van der Waals surface area contributed by atoms with Crippen molar-refractivity contribution < 1.29 is 55.6 Å². The second-order valence-electron chi connectivity index (χ2n) is 16.8. The monoisotopic (exact) mass is 890 g/mol. The first-order valence-corrected chi connectivity index (χ1v) is 22.0. The van der Waals surface area contributed by atoms with Crippen molar-refractivity contribution in [1.82, 2.24) is 14.8 Å². The zero-order valence-corrected chi connectivity index (χ0v) is 36.2. The molecule has 2 amide bonds. The molecule has 3 atom stereocenters. The van der Waals surface area contributed by atoms with E-state index in [1.54, 1.807) is 43.0 Å². The van der Waals surface area contributed by atoms with Gasteiger partial charge >= 0.3 is 13.8 Å². The number of esters is 1. The van der Waals surface area contributed by atoms with E-state index < -0.39 is 77.8 Å². The summed E-state index contributed by atoms with van der Waals surface area (Å²) >= 11 is 0. The van der Waals surface area contributed by atoms with Crippen molar-refractivity contribution in [2.45, 2.75) is 90.8 Å². The van der Waals surface area contributed by atoms with Crippen LogP contribution in [-0.4, -0.2) is 64.5 Å². The van der Waals surface area contributed by atoms with Crippen LogP contribution < -0.4 is 15.5 Å². The molecule has 1 saturated heterocycles. The molecule has 0 unspecified atom stereocenters. The normalized spacial score (nSPS) is 19.5. The number of phosphoric acid groups is 1. The number of phosphoric ester groups is 1. The van der Waals surface area contributed by atoms with Gasteiger partial charge in [-0.25, -0.2) is 13.3 Å². The smallest absolute Gasteiger partial charge is 0.451 e. The number of fused-ring (bicyclic) bond motifs is 5. The molecule has 3 aliphatic rings. The third-order valence-electron chi connectivity index (χ3n) is 11.2. The average molecular weight is 891 g/mol. The molecule has 334 valence electrons. The van der Waals surface area contributed by atoms with Crippen LogP contribution in [0.15, 0.2) is 95.0 Å². The molecule has 3 aliphatic heterocycles. The van der Waals surface area contributed by atoms with E-state index in [0.29, 0.717) is 25.3 Å². The number of carbonyl (C=O) groups is 3. The van der Waals surface area contributed by atoms with Crippen LogP contribution in [0, 0.1) is 17.0 Å². The first-order valence-electron chi connectivity index (χ1n) is 20.5. The molecule has 2 bridgehead atoms. The Labute approximate surface area is 362 Å². The molecule has 4 heterocycles. The molecule has 0 saturated carbocycles. The number of oxime groups is 1. The maximum atomic E-state index is 14.5. The van der Waals surface area contributed by atoms with Gasteiger partial charge in [-0.1, -0.05) is 85.7 Å². The fourth-order valence-electron chi connectivity index (χ4n) is 7.81. The molecule has 1 spiro atoms. The van der Waals surface area contributed by atoms with Crippen LogP contribution >= 0.6 is 7.82 Å². The molecule has 18 heteroatoms. The Morgan fingerprint density at radius 3 is 2.27 bits per heavy atom. The van der Waals surface area contributed by atoms with E-state index in [4.69, 9.17) is 27.9 Å². The van der Waals surface area contributed by atoms with Crippen molar-refractivity contribution in [3.05, 3.63) is 135 Å². The number of nitrogens with zero attached hydrogens (tertiary/aromatic N) is 3. The van der Waals surface area contributed by atoms with E-state index in [0.717, 1.165) is 22.9 Å². The van der Waals surface area contributed by atoms with Crippen LogP contribution in [0.25, 0.3) is 0 Å². The molecular formula is C45H49F2N4O11P. The number of nitrogens with one attached hydrogen (secondary N) is 1. The summed E-state index contributed by atoms with van der Waals surface area (Å²) < 4.78 is 72.0. The third kappa shape index (κ3) is 10.6. The molecule has 63 heavy (non-hydrogen) atoms. The van der Waals surface area contributed by atoms with Crippen LogP contribution in [0.4, 0.5) is 8.78 Å². The minimum Gasteiger partial charge on any atom is -0.451 e. The lowest BCUT2D eigenvalue weighted by Crippen LogP contribution is -2.52. The summed E-state index contributed by atoms with van der Waals surface area (Å²) in [6.07, 6.45) is 2.46. The lowest BCUT2D eigenvalue weighted by molar-refractivity contribution is -0.153. The van der Waals surface area contributed by atoms with Gasteiger partial charge in [-0.15, -0.1) is 0 Å². The predicted molar refractivity (Wildman–Crippen MR) is 225 cm³/mol. The van der Waals surface area contributed by atoms with Gasteiger partial charge in [0, 0.05) is 43.4 Å². The number of ether oxygens (including phenoxy) is 2. The summed E-state index contributed by atoms with van der Waals surface area (Å²) in [5.41, 5.74) is -1.35. The number of hydrogen-bond donors (Lipinski definition) is 1. The highest BCUT2D eigenvalue weighted by Gasteiger charge is 2.54. The van der Waals surface area contributed by atoms with E-state index >= 15 is 0 Å². The Morgan fingerprint density at radius 1 is 0.984 bits per heavy atom. The summed E-state index contributed by atoms with van der Waals surface area (Å²) in [7, 11) is -4.18. The highest BCUT2D eigenvalue weighted by atomic mass is 31.2. The number of benzene rings is 3. The van der Waals surface area contributed by atoms with E-state index in [1.807, 2.05) is 50.2 Å². The summed E-state index contributed by atoms with van der Waals surface area (Å²) in [4.78, 5) is 63.3. The van der Waals surface area contributed by atoms with E-state index in [2.05, 4.69) is 10.5 Å². The van der Waals surface area contributed by atoms with Crippen LogP contribution in [0.1, 0.15) is 97.0 Å². The lowest BCUT2D eigenvalue weighted by Gasteiger charge is -2.42. The van der Waals surface area contributed by atoms with Gasteiger partial charge in [0.25, 0.3) is 11.8 Å². The van der Waals surface area contributed by atoms with Crippen LogP contribution in [0.5, 0.6) is 5.75 Å². The molecular weight excluding hydrogens is 841 g/mol. The van der Waals surface area contributed by atoms with Gasteiger partial charge in [0.15, 0.2) is 11.3 Å². The van der Waals surface area contributed by atoms with Gasteiger partial charge in [-0.3, -0.25) is 32.7 Å². The lowest BCUT2D eigenvalue weighted by atomic mass is 9.84. The standard InChI is InChI=1S/C45H49F2N4O11P/c1-29-20-45(62-49-29)18-17-30(2)50-24-37(45)51-23-35(42(54)48-22-33-15-16-34(46)19-36(33)47)40(53)41(39(51)43(50)55)58-28-57-38(52)21-44(3,4)27-61-63(56,59-25-31-11-7-5-8-12-31)60-26-32-13-9-6-10-14-32/h5-16,19,23,30,37H,17-18,20-22,24-28H2,1-4H3,(H,48,54)/t30-,37+,45-/m0/s1. The average Bonchev–Trinajstić information content (AvgIpc) is 3.59. The molecule has 0 aliphatic carbocycles. The fraction of sp³-hybridized carbons (Fsp3) is 0.400. The maximum absolute atomic E-state index is 14.5. The minimum atomic E-state index is -4.18. The van der Waals surface area contributed by atoms with Gasteiger partial charge in [0.05, 0.1) is 38.0 Å². The van der Waals surface area contributed by atoms with Crippen LogP contribution in [0.2, 0.25) is 0 Å². The van der Waals surface area contributed by atoms with Crippen LogP contribution in [0.3, 0.4) is 0 Å². The Morgan fingerprint density at radius 2 is 1.65 bits per heavy atom. The Kier molecular flexibility index (Phi) is 13.6. The number of hydrogen-bond acceptors (Lipinski definition) is 12. The Hall–Kier alpha value is -5.74. The number of amides is 2. The Balaban J connectivity index is 1.09. The summed E-state index contributed by atoms with van der Waals surface area (Å²) in [5, 5.41) is 6.74. The van der Waals surface area contributed by atoms with E-state index in [-0.39, 0.29) is 56.6 Å². The SMILES string of the molecule is CC1=NO[C@@]2(CC[C@H](C)N3C[C@H]2n2cc(C(=O)NCc4ccc(F)cc4F)c(=O)c(OCOC(=O)CC(C)(C)COP(=O)(OCc4ccccc4)OCc4ccccc4)c2C3=O)C1. The Bertz CT molecular complexity index is 2440. The number of rotatable bonds is 17. The van der Waals surface area contributed by atoms with Gasteiger partial charge in [0.2, 0.25) is 18.0 Å². The van der Waals surface area contributed by atoms with Gasteiger partial charge in [-0.2, -0.15) is 0 Å². The van der Waals surface area contributed by atoms with Crippen molar-refractivity contribution in [3.8, 4) is 5.75 Å². The van der Waals surface area contributed by atoms with Crippen molar-refractivity contribution in [1.29, 1.82) is 0 Å². The van der Waals surface area contributed by atoms with Gasteiger partial charge in [0.1, 0.15) is 17.2 Å².